The van der Waals surface area contributed by atoms with E-state index < -0.39 is 0 Å². The fraction of sp³-hybridized carbons (Fsp3) is 0.818. The van der Waals surface area contributed by atoms with E-state index in [0.29, 0.717) is 32.5 Å². The molecule has 0 aliphatic carbocycles. The lowest BCUT2D eigenvalue weighted by Crippen LogP contribution is -2.32. The second-order valence-electron chi connectivity index (χ2n) is 3.85. The third-order valence-corrected chi connectivity index (χ3v) is 2.53. The van der Waals surface area contributed by atoms with Crippen LogP contribution in [0.2, 0.25) is 0 Å². The van der Waals surface area contributed by atoms with Crippen LogP contribution in [0.4, 0.5) is 4.79 Å². The zero-order chi connectivity index (χ0) is 11.1. The highest BCUT2D eigenvalue weighted by Crippen LogP contribution is 2.08. The Balaban J connectivity index is 2.28. The summed E-state index contributed by atoms with van der Waals surface area (Å²) in [6.45, 7) is 3.71. The zero-order valence-corrected chi connectivity index (χ0v) is 9.33. The number of ketones is 1. The summed E-state index contributed by atoms with van der Waals surface area (Å²) in [7, 11) is 0. The summed E-state index contributed by atoms with van der Waals surface area (Å²) < 4.78 is 5.09. The van der Waals surface area contributed by atoms with Gasteiger partial charge in [-0.1, -0.05) is 13.3 Å². The lowest BCUT2D eigenvalue weighted by Gasteiger charge is -2.19. The number of nitrogens with zero attached hydrogens (tertiary/aromatic N) is 1. The van der Waals surface area contributed by atoms with Gasteiger partial charge in [-0.15, -0.1) is 0 Å². The molecule has 0 spiro atoms. The van der Waals surface area contributed by atoms with E-state index in [-0.39, 0.29) is 11.9 Å². The number of ether oxygens (including phenoxy) is 1. The predicted octanol–water partition coefficient (Wildman–Crippen LogP) is 1.98. The Kier molecular flexibility index (Phi) is 5.15. The van der Waals surface area contributed by atoms with Crippen molar-refractivity contribution in [2.24, 2.45) is 0 Å². The first-order valence-electron chi connectivity index (χ1n) is 5.67. The van der Waals surface area contributed by atoms with Crippen molar-refractivity contribution in [1.82, 2.24) is 4.90 Å². The number of Topliss-reactive ketones (excluding diaryl/α,β-unsaturated/α-hetero) is 1. The highest BCUT2D eigenvalue weighted by Gasteiger charge is 2.19. The first-order valence-corrected chi connectivity index (χ1v) is 5.67. The quantitative estimate of drug-likeness (QED) is 0.673. The minimum absolute atomic E-state index is 0.249. The fourth-order valence-electron chi connectivity index (χ4n) is 1.54. The molecule has 0 radical (unpaired) electrons. The van der Waals surface area contributed by atoms with E-state index in [0.717, 1.165) is 19.3 Å². The average Bonchev–Trinajstić information content (AvgIpc) is 2.43. The van der Waals surface area contributed by atoms with Crippen molar-refractivity contribution in [1.29, 1.82) is 0 Å². The van der Waals surface area contributed by atoms with E-state index in [1.165, 1.54) is 0 Å². The van der Waals surface area contributed by atoms with Crippen LogP contribution in [0, 0.1) is 0 Å². The Bertz CT molecular complexity index is 228. The number of hydrogen-bond donors (Lipinski definition) is 0. The molecule has 0 atom stereocenters. The Morgan fingerprint density at radius 1 is 1.40 bits per heavy atom. The predicted molar refractivity (Wildman–Crippen MR) is 56.7 cm³/mol. The van der Waals surface area contributed by atoms with Gasteiger partial charge in [-0.25, -0.2) is 4.79 Å². The number of carbonyl (C=O) groups is 2. The maximum Gasteiger partial charge on any atom is 0.409 e. The summed E-state index contributed by atoms with van der Waals surface area (Å²) in [4.78, 5) is 24.3. The van der Waals surface area contributed by atoms with Gasteiger partial charge in [-0.2, -0.15) is 0 Å². The number of rotatable bonds is 3. The SMILES string of the molecule is CCCCOC(=O)N1CCCC(=O)CC1. The fourth-order valence-corrected chi connectivity index (χ4v) is 1.54. The lowest BCUT2D eigenvalue weighted by atomic mass is 10.2. The van der Waals surface area contributed by atoms with Gasteiger partial charge in [0.05, 0.1) is 6.61 Å². The van der Waals surface area contributed by atoms with Gasteiger partial charge in [-0.05, 0) is 12.8 Å². The summed E-state index contributed by atoms with van der Waals surface area (Å²) in [5.74, 6) is 0.249. The van der Waals surface area contributed by atoms with E-state index in [4.69, 9.17) is 4.74 Å². The summed E-state index contributed by atoms with van der Waals surface area (Å²) in [5, 5.41) is 0. The topological polar surface area (TPSA) is 46.6 Å². The highest BCUT2D eigenvalue weighted by molar-refractivity contribution is 5.79. The van der Waals surface area contributed by atoms with Crippen LogP contribution in [0.5, 0.6) is 0 Å². The number of carbonyl (C=O) groups excluding carboxylic acids is 2. The van der Waals surface area contributed by atoms with Gasteiger partial charge in [0.2, 0.25) is 0 Å². The monoisotopic (exact) mass is 213 g/mol. The molecule has 1 aliphatic heterocycles. The maximum atomic E-state index is 11.5. The lowest BCUT2D eigenvalue weighted by molar-refractivity contribution is -0.118. The van der Waals surface area contributed by atoms with Crippen LogP contribution in [-0.2, 0) is 9.53 Å². The van der Waals surface area contributed by atoms with Gasteiger partial charge >= 0.3 is 6.09 Å². The van der Waals surface area contributed by atoms with E-state index in [2.05, 4.69) is 6.92 Å². The van der Waals surface area contributed by atoms with E-state index in [1.807, 2.05) is 0 Å². The van der Waals surface area contributed by atoms with E-state index in [9.17, 15) is 9.59 Å². The molecule has 0 N–H and O–H groups in total. The number of amides is 1. The van der Waals surface area contributed by atoms with Gasteiger partial charge in [0.1, 0.15) is 5.78 Å². The van der Waals surface area contributed by atoms with Crippen molar-refractivity contribution < 1.29 is 14.3 Å². The summed E-state index contributed by atoms with van der Waals surface area (Å²) in [5.41, 5.74) is 0. The molecule has 0 saturated carbocycles. The molecule has 1 saturated heterocycles. The van der Waals surface area contributed by atoms with Crippen molar-refractivity contribution in [2.75, 3.05) is 19.7 Å². The minimum atomic E-state index is -0.266. The standard InChI is InChI=1S/C11H19NO3/c1-2-3-9-15-11(14)12-7-4-5-10(13)6-8-12/h2-9H2,1H3. The molecule has 0 bridgehead atoms. The molecule has 86 valence electrons. The first kappa shape index (κ1) is 12.0. The van der Waals surface area contributed by atoms with Crippen molar-refractivity contribution in [3.05, 3.63) is 0 Å². The van der Waals surface area contributed by atoms with Gasteiger partial charge in [0.15, 0.2) is 0 Å². The third-order valence-electron chi connectivity index (χ3n) is 2.53. The second kappa shape index (κ2) is 6.43. The molecular formula is C11H19NO3. The number of unbranched alkanes of at least 4 members (excludes halogenated alkanes) is 1. The van der Waals surface area contributed by atoms with Crippen molar-refractivity contribution in [3.8, 4) is 0 Å². The second-order valence-corrected chi connectivity index (χ2v) is 3.85. The van der Waals surface area contributed by atoms with Crippen LogP contribution in [0.1, 0.15) is 39.0 Å². The van der Waals surface area contributed by atoms with Crippen LogP contribution in [-0.4, -0.2) is 36.5 Å². The molecule has 0 aromatic rings. The zero-order valence-electron chi connectivity index (χ0n) is 9.33. The molecule has 1 heterocycles. The third kappa shape index (κ3) is 4.32. The molecular weight excluding hydrogens is 194 g/mol. The van der Waals surface area contributed by atoms with Crippen LogP contribution in [0.3, 0.4) is 0 Å². The number of likely N-dealkylation sites (tertiary alicyclic amines) is 1. The molecule has 15 heavy (non-hydrogen) atoms. The maximum absolute atomic E-state index is 11.5. The Morgan fingerprint density at radius 3 is 2.93 bits per heavy atom. The van der Waals surface area contributed by atoms with Gasteiger partial charge in [0, 0.05) is 25.9 Å². The molecule has 1 amide bonds. The van der Waals surface area contributed by atoms with Crippen molar-refractivity contribution >= 4 is 11.9 Å². The van der Waals surface area contributed by atoms with Crippen molar-refractivity contribution in [2.45, 2.75) is 39.0 Å². The average molecular weight is 213 g/mol. The van der Waals surface area contributed by atoms with Crippen LogP contribution in [0.15, 0.2) is 0 Å². The summed E-state index contributed by atoms with van der Waals surface area (Å²) >= 11 is 0. The summed E-state index contributed by atoms with van der Waals surface area (Å²) in [6, 6.07) is 0. The molecule has 0 unspecified atom stereocenters. The highest BCUT2D eigenvalue weighted by atomic mass is 16.6. The molecule has 4 heteroatoms. The van der Waals surface area contributed by atoms with E-state index >= 15 is 0 Å². The molecule has 4 nitrogen and oxygen atoms in total. The van der Waals surface area contributed by atoms with Crippen LogP contribution >= 0.6 is 0 Å². The summed E-state index contributed by atoms with van der Waals surface area (Å²) in [6.07, 6.45) is 3.49. The smallest absolute Gasteiger partial charge is 0.409 e. The van der Waals surface area contributed by atoms with Gasteiger partial charge in [0.25, 0.3) is 0 Å². The van der Waals surface area contributed by atoms with Crippen LogP contribution < -0.4 is 0 Å². The minimum Gasteiger partial charge on any atom is -0.449 e. The normalized spacial score (nSPS) is 17.4. The molecule has 1 fully saturated rings. The van der Waals surface area contributed by atoms with Crippen molar-refractivity contribution in [3.63, 3.8) is 0 Å². The molecule has 0 aromatic carbocycles. The van der Waals surface area contributed by atoms with Gasteiger partial charge in [-0.3, -0.25) is 4.79 Å². The Morgan fingerprint density at radius 2 is 2.20 bits per heavy atom. The number of hydrogen-bond acceptors (Lipinski definition) is 3. The Hall–Kier alpha value is -1.06. The molecule has 0 aromatic heterocycles. The Labute approximate surface area is 90.6 Å². The van der Waals surface area contributed by atoms with Crippen LogP contribution in [0.25, 0.3) is 0 Å². The first-order chi connectivity index (χ1) is 7.24. The molecule has 1 rings (SSSR count). The van der Waals surface area contributed by atoms with Gasteiger partial charge < -0.3 is 9.64 Å². The van der Waals surface area contributed by atoms with E-state index in [1.54, 1.807) is 4.90 Å². The molecule has 1 aliphatic rings. The largest absolute Gasteiger partial charge is 0.449 e.